The SMILES string of the molecule is COc1ccccc1N1C(=O)CS[C@H]1c1ccccc1NC(=O)c1ccccc1F. The molecule has 4 rings (SSSR count). The van der Waals surface area contributed by atoms with Gasteiger partial charge in [-0.15, -0.1) is 11.8 Å². The maximum Gasteiger partial charge on any atom is 0.258 e. The number of amides is 2. The topological polar surface area (TPSA) is 58.6 Å². The monoisotopic (exact) mass is 422 g/mol. The third kappa shape index (κ3) is 3.76. The molecule has 0 saturated carbocycles. The van der Waals surface area contributed by atoms with Crippen molar-refractivity contribution >= 4 is 35.0 Å². The van der Waals surface area contributed by atoms with Crippen LogP contribution in [0.15, 0.2) is 72.8 Å². The van der Waals surface area contributed by atoms with E-state index in [-0.39, 0.29) is 16.8 Å². The number of methoxy groups -OCH3 is 1. The largest absolute Gasteiger partial charge is 0.495 e. The van der Waals surface area contributed by atoms with Gasteiger partial charge in [0, 0.05) is 11.3 Å². The van der Waals surface area contributed by atoms with E-state index in [1.807, 2.05) is 30.3 Å². The number of halogens is 1. The van der Waals surface area contributed by atoms with Gasteiger partial charge in [-0.1, -0.05) is 42.5 Å². The molecule has 1 atom stereocenters. The summed E-state index contributed by atoms with van der Waals surface area (Å²) in [6, 6.07) is 20.4. The number of benzene rings is 3. The summed E-state index contributed by atoms with van der Waals surface area (Å²) in [5.41, 5.74) is 1.90. The molecule has 0 spiro atoms. The van der Waals surface area contributed by atoms with Crippen LogP contribution in [0, 0.1) is 5.82 Å². The molecular weight excluding hydrogens is 403 g/mol. The number of anilines is 2. The number of para-hydroxylation sites is 3. The minimum Gasteiger partial charge on any atom is -0.495 e. The molecule has 0 unspecified atom stereocenters. The Morgan fingerprint density at radius 3 is 2.57 bits per heavy atom. The summed E-state index contributed by atoms with van der Waals surface area (Å²) in [7, 11) is 1.56. The predicted molar refractivity (Wildman–Crippen MR) is 116 cm³/mol. The van der Waals surface area contributed by atoms with Gasteiger partial charge < -0.3 is 10.1 Å². The van der Waals surface area contributed by atoms with Gasteiger partial charge in [-0.3, -0.25) is 14.5 Å². The van der Waals surface area contributed by atoms with Crippen molar-refractivity contribution in [3.05, 3.63) is 89.7 Å². The van der Waals surface area contributed by atoms with Crippen molar-refractivity contribution in [1.29, 1.82) is 0 Å². The molecule has 2 amide bonds. The van der Waals surface area contributed by atoms with E-state index < -0.39 is 11.7 Å². The second-order valence-electron chi connectivity index (χ2n) is 6.62. The Morgan fingerprint density at radius 2 is 1.77 bits per heavy atom. The maximum atomic E-state index is 14.0. The summed E-state index contributed by atoms with van der Waals surface area (Å²) in [6.07, 6.45) is 0. The third-order valence-electron chi connectivity index (χ3n) is 4.81. The normalized spacial score (nSPS) is 15.9. The summed E-state index contributed by atoms with van der Waals surface area (Å²) >= 11 is 1.46. The van der Waals surface area contributed by atoms with E-state index in [0.717, 1.165) is 5.56 Å². The number of nitrogens with zero attached hydrogens (tertiary/aromatic N) is 1. The standard InChI is InChI=1S/C23H19FN2O3S/c1-29-20-13-7-6-12-19(20)26-21(27)14-30-23(26)16-9-3-5-11-18(16)25-22(28)15-8-2-4-10-17(15)24/h2-13,23H,14H2,1H3,(H,25,28)/t23-/m0/s1. The molecule has 3 aromatic rings. The number of rotatable bonds is 5. The van der Waals surface area contributed by atoms with Gasteiger partial charge in [-0.2, -0.15) is 0 Å². The average Bonchev–Trinajstić information content (AvgIpc) is 3.15. The predicted octanol–water partition coefficient (Wildman–Crippen LogP) is 4.87. The van der Waals surface area contributed by atoms with E-state index in [1.54, 1.807) is 36.3 Å². The highest BCUT2D eigenvalue weighted by Crippen LogP contribution is 2.46. The molecule has 1 aliphatic rings. The van der Waals surface area contributed by atoms with Crippen molar-refractivity contribution < 1.29 is 18.7 Å². The van der Waals surface area contributed by atoms with Gasteiger partial charge in [0.05, 0.1) is 24.1 Å². The molecule has 3 aromatic carbocycles. The maximum absolute atomic E-state index is 14.0. The average molecular weight is 422 g/mol. The Morgan fingerprint density at radius 1 is 1.07 bits per heavy atom. The van der Waals surface area contributed by atoms with Crippen LogP contribution in [0.3, 0.4) is 0 Å². The molecule has 1 N–H and O–H groups in total. The van der Waals surface area contributed by atoms with Crippen molar-refractivity contribution in [2.75, 3.05) is 23.1 Å². The minimum atomic E-state index is -0.589. The fourth-order valence-electron chi connectivity index (χ4n) is 3.40. The van der Waals surface area contributed by atoms with Gasteiger partial charge in [-0.25, -0.2) is 4.39 Å². The lowest BCUT2D eigenvalue weighted by Crippen LogP contribution is -2.29. The third-order valence-corrected chi connectivity index (χ3v) is 6.00. The Balaban J connectivity index is 1.70. The van der Waals surface area contributed by atoms with Crippen LogP contribution in [0.4, 0.5) is 15.8 Å². The van der Waals surface area contributed by atoms with Gasteiger partial charge in [-0.05, 0) is 30.3 Å². The molecule has 0 aliphatic carbocycles. The molecule has 1 heterocycles. The minimum absolute atomic E-state index is 0.0379. The number of hydrogen-bond acceptors (Lipinski definition) is 4. The first-order valence-electron chi connectivity index (χ1n) is 9.31. The van der Waals surface area contributed by atoms with Gasteiger partial charge in [0.1, 0.15) is 16.9 Å². The van der Waals surface area contributed by atoms with E-state index in [2.05, 4.69) is 5.32 Å². The smallest absolute Gasteiger partial charge is 0.258 e. The fraction of sp³-hybridized carbons (Fsp3) is 0.130. The Hall–Kier alpha value is -3.32. The van der Waals surface area contributed by atoms with E-state index in [1.165, 1.54) is 30.0 Å². The molecule has 30 heavy (non-hydrogen) atoms. The number of hydrogen-bond donors (Lipinski definition) is 1. The fourth-order valence-corrected chi connectivity index (χ4v) is 4.61. The number of nitrogens with one attached hydrogen (secondary N) is 1. The van der Waals surface area contributed by atoms with Crippen molar-refractivity contribution in [2.45, 2.75) is 5.37 Å². The van der Waals surface area contributed by atoms with Crippen molar-refractivity contribution in [1.82, 2.24) is 0 Å². The summed E-state index contributed by atoms with van der Waals surface area (Å²) in [4.78, 5) is 27.1. The van der Waals surface area contributed by atoms with Crippen LogP contribution in [-0.4, -0.2) is 24.7 Å². The number of carbonyl (C=O) groups is 2. The van der Waals surface area contributed by atoms with E-state index in [4.69, 9.17) is 4.74 Å². The lowest BCUT2D eigenvalue weighted by Gasteiger charge is -2.27. The van der Waals surface area contributed by atoms with E-state index >= 15 is 0 Å². The van der Waals surface area contributed by atoms with Crippen molar-refractivity contribution in [2.24, 2.45) is 0 Å². The lowest BCUT2D eigenvalue weighted by atomic mass is 10.1. The Bertz CT molecular complexity index is 1110. The first-order chi connectivity index (χ1) is 14.6. The summed E-state index contributed by atoms with van der Waals surface area (Å²) in [6.45, 7) is 0. The zero-order valence-electron chi connectivity index (χ0n) is 16.2. The molecule has 0 aromatic heterocycles. The summed E-state index contributed by atoms with van der Waals surface area (Å²) in [5.74, 6) is -0.290. The highest BCUT2D eigenvalue weighted by atomic mass is 32.2. The molecule has 0 bridgehead atoms. The van der Waals surface area contributed by atoms with Crippen LogP contribution in [0.1, 0.15) is 21.3 Å². The Labute approximate surface area is 177 Å². The van der Waals surface area contributed by atoms with Crippen LogP contribution < -0.4 is 15.0 Å². The summed E-state index contributed by atoms with van der Waals surface area (Å²) in [5, 5.41) is 2.44. The lowest BCUT2D eigenvalue weighted by molar-refractivity contribution is -0.115. The van der Waals surface area contributed by atoms with E-state index in [9.17, 15) is 14.0 Å². The first kappa shape index (κ1) is 20.0. The van der Waals surface area contributed by atoms with Gasteiger partial charge >= 0.3 is 0 Å². The molecular formula is C23H19FN2O3S. The van der Waals surface area contributed by atoms with Gasteiger partial charge in [0.25, 0.3) is 5.91 Å². The Kier molecular flexibility index (Phi) is 5.72. The quantitative estimate of drug-likeness (QED) is 0.638. The molecule has 152 valence electrons. The highest BCUT2D eigenvalue weighted by Gasteiger charge is 2.36. The second-order valence-corrected chi connectivity index (χ2v) is 7.69. The summed E-state index contributed by atoms with van der Waals surface area (Å²) < 4.78 is 19.5. The number of carbonyl (C=O) groups excluding carboxylic acids is 2. The molecule has 5 nitrogen and oxygen atoms in total. The molecule has 0 radical (unpaired) electrons. The van der Waals surface area contributed by atoms with Gasteiger partial charge in [0.15, 0.2) is 0 Å². The van der Waals surface area contributed by atoms with Crippen LogP contribution in [0.2, 0.25) is 0 Å². The molecule has 7 heteroatoms. The first-order valence-corrected chi connectivity index (χ1v) is 10.4. The van der Waals surface area contributed by atoms with Crippen LogP contribution in [0.25, 0.3) is 0 Å². The number of thioether (sulfide) groups is 1. The van der Waals surface area contributed by atoms with Crippen molar-refractivity contribution in [3.63, 3.8) is 0 Å². The van der Waals surface area contributed by atoms with Crippen LogP contribution in [0.5, 0.6) is 5.75 Å². The molecule has 1 saturated heterocycles. The van der Waals surface area contributed by atoms with Crippen LogP contribution in [-0.2, 0) is 4.79 Å². The zero-order valence-corrected chi connectivity index (χ0v) is 17.0. The zero-order chi connectivity index (χ0) is 21.1. The van der Waals surface area contributed by atoms with E-state index in [0.29, 0.717) is 22.9 Å². The second kappa shape index (κ2) is 8.59. The van der Waals surface area contributed by atoms with Crippen molar-refractivity contribution in [3.8, 4) is 5.75 Å². The van der Waals surface area contributed by atoms with Gasteiger partial charge in [0.2, 0.25) is 5.91 Å². The molecule has 1 aliphatic heterocycles. The van der Waals surface area contributed by atoms with Crippen LogP contribution >= 0.6 is 11.8 Å². The molecule has 1 fully saturated rings. The highest BCUT2D eigenvalue weighted by molar-refractivity contribution is 8.00. The number of ether oxygens (including phenoxy) is 1.